The lowest BCUT2D eigenvalue weighted by Crippen LogP contribution is -2.43. The lowest BCUT2D eigenvalue weighted by Gasteiger charge is -2.33. The molecule has 0 amide bonds. The molecule has 0 spiro atoms. The van der Waals surface area contributed by atoms with Crippen LogP contribution in [0.2, 0.25) is 4.34 Å². The molecule has 0 radical (unpaired) electrons. The van der Waals surface area contributed by atoms with Crippen molar-refractivity contribution in [2.45, 2.75) is 42.9 Å². The van der Waals surface area contributed by atoms with E-state index in [1.165, 1.54) is 12.8 Å². The number of nitrogens with one attached hydrogen (secondary N) is 1. The van der Waals surface area contributed by atoms with Crippen LogP contribution in [0.1, 0.15) is 31.2 Å². The fraction of sp³-hybridized carbons (Fsp3) is 0.714. The molecule has 0 saturated carbocycles. The molecule has 1 aromatic heterocycles. The summed E-state index contributed by atoms with van der Waals surface area (Å²) >= 11 is 7.18. The van der Waals surface area contributed by atoms with Gasteiger partial charge in [-0.2, -0.15) is 4.31 Å². The first-order valence-corrected chi connectivity index (χ1v) is 10.1. The van der Waals surface area contributed by atoms with E-state index in [9.17, 15) is 8.42 Å². The molecule has 21 heavy (non-hydrogen) atoms. The Morgan fingerprint density at radius 3 is 2.57 bits per heavy atom. The van der Waals surface area contributed by atoms with Crippen LogP contribution < -0.4 is 5.32 Å². The minimum absolute atomic E-state index is 0.377. The van der Waals surface area contributed by atoms with Crippen molar-refractivity contribution < 1.29 is 8.42 Å². The van der Waals surface area contributed by atoms with Crippen LogP contribution in [0.5, 0.6) is 0 Å². The van der Waals surface area contributed by atoms with E-state index in [2.05, 4.69) is 5.32 Å². The zero-order valence-electron chi connectivity index (χ0n) is 12.1. The van der Waals surface area contributed by atoms with Crippen LogP contribution in [-0.2, 0) is 10.0 Å². The first kappa shape index (κ1) is 15.7. The summed E-state index contributed by atoms with van der Waals surface area (Å²) in [6.07, 6.45) is 4.39. The zero-order valence-corrected chi connectivity index (χ0v) is 14.5. The van der Waals surface area contributed by atoms with Gasteiger partial charge in [0.2, 0.25) is 0 Å². The fourth-order valence-electron chi connectivity index (χ4n) is 3.32. The molecule has 0 bridgehead atoms. The predicted octanol–water partition coefficient (Wildman–Crippen LogP) is 2.86. The molecule has 1 unspecified atom stereocenters. The summed E-state index contributed by atoms with van der Waals surface area (Å²) in [6, 6.07) is 2.28. The Kier molecular flexibility index (Phi) is 4.62. The summed E-state index contributed by atoms with van der Waals surface area (Å²) in [7, 11) is -3.36. The Morgan fingerprint density at radius 1 is 1.33 bits per heavy atom. The van der Waals surface area contributed by atoms with Crippen molar-refractivity contribution in [3.8, 4) is 0 Å². The fourth-order valence-corrected chi connectivity index (χ4v) is 6.65. The molecule has 2 aliphatic heterocycles. The summed E-state index contributed by atoms with van der Waals surface area (Å²) in [6.45, 7) is 4.20. The van der Waals surface area contributed by atoms with Crippen LogP contribution in [-0.4, -0.2) is 38.4 Å². The Hall–Kier alpha value is -0.140. The van der Waals surface area contributed by atoms with Crippen LogP contribution in [0.3, 0.4) is 0 Å². The number of halogens is 1. The highest BCUT2D eigenvalue weighted by atomic mass is 35.5. The van der Waals surface area contributed by atoms with E-state index in [1.54, 1.807) is 10.4 Å². The number of rotatable bonds is 3. The molecule has 0 aromatic carbocycles. The van der Waals surface area contributed by atoms with Gasteiger partial charge in [-0.15, -0.1) is 11.3 Å². The van der Waals surface area contributed by atoms with E-state index in [1.807, 2.05) is 6.92 Å². The molecule has 4 nitrogen and oxygen atoms in total. The highest BCUT2D eigenvalue weighted by molar-refractivity contribution is 7.91. The average Bonchev–Trinajstić information content (AvgIpc) is 3.10. The molecule has 3 heterocycles. The van der Waals surface area contributed by atoms with Gasteiger partial charge in [0.1, 0.15) is 4.21 Å². The minimum Gasteiger partial charge on any atom is -0.314 e. The summed E-state index contributed by atoms with van der Waals surface area (Å²) < 4.78 is 27.9. The molecule has 118 valence electrons. The monoisotopic (exact) mass is 348 g/mol. The first-order chi connectivity index (χ1) is 9.98. The molecule has 1 N–H and O–H groups in total. The van der Waals surface area contributed by atoms with Crippen molar-refractivity contribution >= 4 is 33.0 Å². The number of piperidine rings is 1. The summed E-state index contributed by atoms with van der Waals surface area (Å²) in [5, 5.41) is 3.54. The molecule has 2 fully saturated rings. The Morgan fingerprint density at radius 2 is 2.05 bits per heavy atom. The van der Waals surface area contributed by atoms with Gasteiger partial charge in [0, 0.05) is 19.1 Å². The Bertz CT molecular complexity index is 581. The van der Waals surface area contributed by atoms with Crippen LogP contribution in [0.25, 0.3) is 0 Å². The molecule has 7 heteroatoms. The first-order valence-electron chi connectivity index (χ1n) is 7.48. The Labute approximate surface area is 135 Å². The van der Waals surface area contributed by atoms with Crippen molar-refractivity contribution in [1.82, 2.24) is 9.62 Å². The lowest BCUT2D eigenvalue weighted by molar-refractivity contribution is 0.234. The Balaban J connectivity index is 1.68. The van der Waals surface area contributed by atoms with Crippen LogP contribution in [0.4, 0.5) is 0 Å². The molecule has 1 aromatic rings. The molecule has 3 rings (SSSR count). The van der Waals surface area contributed by atoms with E-state index in [0.29, 0.717) is 33.6 Å². The van der Waals surface area contributed by atoms with Crippen molar-refractivity contribution in [3.63, 3.8) is 0 Å². The van der Waals surface area contributed by atoms with Crippen molar-refractivity contribution in [2.24, 2.45) is 5.92 Å². The van der Waals surface area contributed by atoms with Gasteiger partial charge >= 0.3 is 0 Å². The highest BCUT2D eigenvalue weighted by Gasteiger charge is 2.34. The quantitative estimate of drug-likeness (QED) is 0.913. The number of nitrogens with zero attached hydrogens (tertiary/aromatic N) is 1. The third kappa shape index (κ3) is 3.15. The smallest absolute Gasteiger partial charge is 0.252 e. The van der Waals surface area contributed by atoms with E-state index < -0.39 is 10.0 Å². The van der Waals surface area contributed by atoms with E-state index >= 15 is 0 Å². The van der Waals surface area contributed by atoms with Gasteiger partial charge in [-0.25, -0.2) is 8.42 Å². The SMILES string of the molecule is Cc1cc(S(=O)(=O)N2CCC(C3CCCN3)CC2)sc1Cl. The van der Waals surface area contributed by atoms with E-state index in [-0.39, 0.29) is 0 Å². The second-order valence-electron chi connectivity index (χ2n) is 5.97. The maximum absolute atomic E-state index is 12.6. The third-order valence-corrected chi connectivity index (χ3v) is 8.50. The number of thiophene rings is 1. The third-order valence-electron chi connectivity index (χ3n) is 4.59. The van der Waals surface area contributed by atoms with Gasteiger partial charge in [0.15, 0.2) is 0 Å². The molecule has 2 saturated heterocycles. The molecule has 2 aliphatic rings. The maximum atomic E-state index is 12.6. The van der Waals surface area contributed by atoms with Crippen LogP contribution >= 0.6 is 22.9 Å². The second-order valence-corrected chi connectivity index (χ2v) is 9.79. The summed E-state index contributed by atoms with van der Waals surface area (Å²) in [5.74, 6) is 0.618. The van der Waals surface area contributed by atoms with Gasteiger partial charge in [-0.1, -0.05) is 11.6 Å². The van der Waals surface area contributed by atoms with Crippen molar-refractivity contribution in [3.05, 3.63) is 16.0 Å². The van der Waals surface area contributed by atoms with Crippen LogP contribution in [0.15, 0.2) is 10.3 Å². The van der Waals surface area contributed by atoms with E-state index in [4.69, 9.17) is 11.6 Å². The minimum atomic E-state index is -3.36. The molecule has 1 atom stereocenters. The number of hydrogen-bond acceptors (Lipinski definition) is 4. The second kappa shape index (κ2) is 6.16. The maximum Gasteiger partial charge on any atom is 0.252 e. The highest BCUT2D eigenvalue weighted by Crippen LogP contribution is 2.34. The van der Waals surface area contributed by atoms with Gasteiger partial charge < -0.3 is 5.32 Å². The van der Waals surface area contributed by atoms with Crippen LogP contribution in [0, 0.1) is 12.8 Å². The normalized spacial score (nSPS) is 25.5. The van der Waals surface area contributed by atoms with Gasteiger partial charge in [-0.05, 0) is 56.7 Å². The lowest BCUT2D eigenvalue weighted by atomic mass is 9.89. The largest absolute Gasteiger partial charge is 0.314 e. The van der Waals surface area contributed by atoms with Crippen molar-refractivity contribution in [1.29, 1.82) is 0 Å². The molecule has 0 aliphatic carbocycles. The van der Waals surface area contributed by atoms with Gasteiger partial charge in [0.25, 0.3) is 10.0 Å². The molecular formula is C14H21ClN2O2S2. The summed E-state index contributed by atoms with van der Waals surface area (Å²) in [5.41, 5.74) is 0.838. The van der Waals surface area contributed by atoms with E-state index in [0.717, 1.165) is 36.3 Å². The van der Waals surface area contributed by atoms with Gasteiger partial charge in [-0.3, -0.25) is 0 Å². The van der Waals surface area contributed by atoms with Crippen molar-refractivity contribution in [2.75, 3.05) is 19.6 Å². The average molecular weight is 349 g/mol. The number of sulfonamides is 1. The predicted molar refractivity (Wildman–Crippen MR) is 86.6 cm³/mol. The molecular weight excluding hydrogens is 328 g/mol. The van der Waals surface area contributed by atoms with Gasteiger partial charge in [0.05, 0.1) is 4.34 Å². The number of hydrogen-bond donors (Lipinski definition) is 1. The number of aryl methyl sites for hydroxylation is 1. The summed E-state index contributed by atoms with van der Waals surface area (Å²) in [4.78, 5) is 0. The standard InChI is InChI=1S/C14H21ClN2O2S2/c1-10-9-13(20-14(10)15)21(18,19)17-7-4-11(5-8-17)12-3-2-6-16-12/h9,11-12,16H,2-8H2,1H3. The zero-order chi connectivity index (χ0) is 15.0. The topological polar surface area (TPSA) is 49.4 Å².